The van der Waals surface area contributed by atoms with Gasteiger partial charge >= 0.3 is 0 Å². The summed E-state index contributed by atoms with van der Waals surface area (Å²) in [5.41, 5.74) is 2.14. The molecule has 0 bridgehead atoms. The molecule has 26 heavy (non-hydrogen) atoms. The number of aromatic nitrogens is 4. The molecule has 2 unspecified atom stereocenters. The lowest BCUT2D eigenvalue weighted by Crippen LogP contribution is -2.53. The van der Waals surface area contributed by atoms with E-state index in [2.05, 4.69) is 36.4 Å². The maximum atomic E-state index is 6.44. The first kappa shape index (κ1) is 16.6. The lowest BCUT2D eigenvalue weighted by molar-refractivity contribution is -0.0325. The highest BCUT2D eigenvalue weighted by Crippen LogP contribution is 2.40. The van der Waals surface area contributed by atoms with E-state index in [1.807, 2.05) is 6.33 Å². The molecule has 0 radical (unpaired) electrons. The van der Waals surface area contributed by atoms with Crippen molar-refractivity contribution in [1.82, 2.24) is 29.3 Å². The Labute approximate surface area is 154 Å². The molecule has 3 fully saturated rings. The van der Waals surface area contributed by atoms with Crippen LogP contribution in [0.3, 0.4) is 0 Å². The molecule has 0 aromatic carbocycles. The lowest BCUT2D eigenvalue weighted by atomic mass is 9.85. The van der Waals surface area contributed by atoms with E-state index in [9.17, 15) is 0 Å². The molecule has 0 aliphatic carbocycles. The van der Waals surface area contributed by atoms with Crippen molar-refractivity contribution in [3.8, 4) is 0 Å². The van der Waals surface area contributed by atoms with Crippen LogP contribution < -0.4 is 0 Å². The van der Waals surface area contributed by atoms with Crippen LogP contribution in [0, 0.1) is 0 Å². The van der Waals surface area contributed by atoms with E-state index in [-0.39, 0.29) is 6.23 Å². The molecule has 3 saturated heterocycles. The molecule has 140 valence electrons. The summed E-state index contributed by atoms with van der Waals surface area (Å²) in [5.74, 6) is 0. The van der Waals surface area contributed by atoms with Gasteiger partial charge in [0, 0.05) is 12.1 Å². The van der Waals surface area contributed by atoms with Gasteiger partial charge in [-0.3, -0.25) is 9.47 Å². The van der Waals surface area contributed by atoms with Gasteiger partial charge in [0.2, 0.25) is 0 Å². The molecule has 2 aromatic rings. The first-order valence-corrected chi connectivity index (χ1v) is 9.95. The summed E-state index contributed by atoms with van der Waals surface area (Å²) in [5, 5.41) is 0. The van der Waals surface area contributed by atoms with Crippen molar-refractivity contribution in [2.24, 2.45) is 0 Å². The highest BCUT2D eigenvalue weighted by atomic mass is 16.5. The number of likely N-dealkylation sites (tertiary alicyclic amines) is 2. The van der Waals surface area contributed by atoms with E-state index in [1.54, 1.807) is 12.5 Å². The molecule has 5 heterocycles. The Balaban J connectivity index is 1.26. The molecule has 3 aliphatic heterocycles. The minimum atomic E-state index is 0.0518. The molecule has 3 aliphatic rings. The van der Waals surface area contributed by atoms with Crippen molar-refractivity contribution < 1.29 is 4.74 Å². The largest absolute Gasteiger partial charge is 0.353 e. The van der Waals surface area contributed by atoms with Gasteiger partial charge < -0.3 is 9.64 Å². The summed E-state index contributed by atoms with van der Waals surface area (Å²) in [7, 11) is 2.25. The molecule has 5 rings (SSSR count). The molecule has 2 atom stereocenters. The van der Waals surface area contributed by atoms with Gasteiger partial charge in [-0.1, -0.05) is 0 Å². The Hall–Kier alpha value is -1.57. The predicted molar refractivity (Wildman–Crippen MR) is 98.7 cm³/mol. The van der Waals surface area contributed by atoms with Crippen molar-refractivity contribution in [3.05, 3.63) is 18.9 Å². The third kappa shape index (κ3) is 2.82. The second kappa shape index (κ2) is 6.55. The van der Waals surface area contributed by atoms with Crippen LogP contribution in [0.1, 0.15) is 44.8 Å². The van der Waals surface area contributed by atoms with E-state index in [0.717, 1.165) is 30.6 Å². The molecule has 0 amide bonds. The van der Waals surface area contributed by atoms with Crippen molar-refractivity contribution in [1.29, 1.82) is 0 Å². The number of hydrogen-bond acceptors (Lipinski definition) is 6. The summed E-state index contributed by atoms with van der Waals surface area (Å²) in [4.78, 5) is 18.1. The molecule has 2 aromatic heterocycles. The first-order chi connectivity index (χ1) is 12.7. The Morgan fingerprint density at radius 1 is 1.15 bits per heavy atom. The zero-order valence-corrected chi connectivity index (χ0v) is 15.5. The van der Waals surface area contributed by atoms with Crippen LogP contribution in [-0.4, -0.2) is 74.2 Å². The van der Waals surface area contributed by atoms with E-state index < -0.39 is 0 Å². The summed E-state index contributed by atoms with van der Waals surface area (Å²) < 4.78 is 8.52. The summed E-state index contributed by atoms with van der Waals surface area (Å²) in [6.07, 6.45) is 13.0. The van der Waals surface area contributed by atoms with E-state index in [1.165, 1.54) is 45.3 Å². The van der Waals surface area contributed by atoms with Crippen LogP contribution in [0.2, 0.25) is 0 Å². The van der Waals surface area contributed by atoms with Crippen LogP contribution in [0.5, 0.6) is 0 Å². The number of fused-ring (bicyclic) bond motifs is 1. The van der Waals surface area contributed by atoms with Gasteiger partial charge in [-0.25, -0.2) is 15.0 Å². The van der Waals surface area contributed by atoms with Crippen molar-refractivity contribution in [2.45, 2.75) is 56.4 Å². The van der Waals surface area contributed by atoms with Crippen molar-refractivity contribution in [2.75, 3.05) is 33.2 Å². The van der Waals surface area contributed by atoms with Crippen molar-refractivity contribution >= 4 is 11.2 Å². The molecular weight excluding hydrogens is 328 g/mol. The molecule has 7 heteroatoms. The second-order valence-electron chi connectivity index (χ2n) is 8.25. The quantitative estimate of drug-likeness (QED) is 0.839. The van der Waals surface area contributed by atoms with Crippen LogP contribution in [-0.2, 0) is 4.74 Å². The Kier molecular flexibility index (Phi) is 4.18. The fourth-order valence-corrected chi connectivity index (χ4v) is 5.15. The topological polar surface area (TPSA) is 59.3 Å². The molecule has 1 spiro atoms. The zero-order chi connectivity index (χ0) is 17.6. The SMILES string of the molecule is CN1CCC2(CCCN2CC2CCC(n3cnc4cncnc43)O2)CC1. The number of nitrogens with zero attached hydrogens (tertiary/aromatic N) is 6. The fourth-order valence-electron chi connectivity index (χ4n) is 5.15. The van der Waals surface area contributed by atoms with Crippen molar-refractivity contribution in [3.63, 3.8) is 0 Å². The highest BCUT2D eigenvalue weighted by Gasteiger charge is 2.44. The van der Waals surface area contributed by atoms with Gasteiger partial charge in [0.05, 0.1) is 18.6 Å². The molecule has 0 saturated carbocycles. The van der Waals surface area contributed by atoms with Gasteiger partial charge in [0.15, 0.2) is 5.65 Å². The van der Waals surface area contributed by atoms with Crippen LogP contribution in [0.25, 0.3) is 11.2 Å². The maximum Gasteiger partial charge on any atom is 0.165 e. The third-order valence-electron chi connectivity index (χ3n) is 6.72. The summed E-state index contributed by atoms with van der Waals surface area (Å²) in [6.45, 7) is 4.76. The zero-order valence-electron chi connectivity index (χ0n) is 15.5. The highest BCUT2D eigenvalue weighted by molar-refractivity contribution is 5.68. The van der Waals surface area contributed by atoms with E-state index >= 15 is 0 Å². The van der Waals surface area contributed by atoms with Gasteiger partial charge in [0.1, 0.15) is 18.1 Å². The maximum absolute atomic E-state index is 6.44. The van der Waals surface area contributed by atoms with Crippen LogP contribution >= 0.6 is 0 Å². The lowest BCUT2D eigenvalue weighted by Gasteiger charge is -2.45. The minimum absolute atomic E-state index is 0.0518. The number of hydrogen-bond donors (Lipinski definition) is 0. The predicted octanol–water partition coefficient (Wildman–Crippen LogP) is 2.06. The Morgan fingerprint density at radius 3 is 2.92 bits per heavy atom. The summed E-state index contributed by atoms with van der Waals surface area (Å²) in [6, 6.07) is 0. The second-order valence-corrected chi connectivity index (χ2v) is 8.25. The number of imidazole rings is 1. The average molecular weight is 356 g/mol. The Bertz CT molecular complexity index is 768. The monoisotopic (exact) mass is 356 g/mol. The molecule has 7 nitrogen and oxygen atoms in total. The fraction of sp³-hybridized carbons (Fsp3) is 0.737. The number of piperidine rings is 1. The standard InChI is InChI=1S/C19H28N6O/c1-23-9-6-19(7-10-23)5-2-8-24(19)12-15-3-4-17(26-15)25-14-22-16-11-20-13-21-18(16)25/h11,13-15,17H,2-10,12H2,1H3. The molecule has 0 N–H and O–H groups in total. The third-order valence-corrected chi connectivity index (χ3v) is 6.72. The van der Waals surface area contributed by atoms with E-state index in [0.29, 0.717) is 11.6 Å². The van der Waals surface area contributed by atoms with Gasteiger partial charge in [-0.15, -0.1) is 0 Å². The number of ether oxygens (including phenoxy) is 1. The number of rotatable bonds is 3. The smallest absolute Gasteiger partial charge is 0.165 e. The van der Waals surface area contributed by atoms with E-state index in [4.69, 9.17) is 4.74 Å². The van der Waals surface area contributed by atoms with Gasteiger partial charge in [-0.05, 0) is 65.2 Å². The first-order valence-electron chi connectivity index (χ1n) is 9.95. The van der Waals surface area contributed by atoms with Gasteiger partial charge in [0.25, 0.3) is 0 Å². The minimum Gasteiger partial charge on any atom is -0.353 e. The van der Waals surface area contributed by atoms with Crippen LogP contribution in [0.15, 0.2) is 18.9 Å². The summed E-state index contributed by atoms with van der Waals surface area (Å²) >= 11 is 0. The molecular formula is C19H28N6O. The normalized spacial score (nSPS) is 29.9. The average Bonchev–Trinajstić information content (AvgIpc) is 3.37. The Morgan fingerprint density at radius 2 is 2.04 bits per heavy atom. The van der Waals surface area contributed by atoms with Gasteiger partial charge in [-0.2, -0.15) is 0 Å². The van der Waals surface area contributed by atoms with Crippen LogP contribution in [0.4, 0.5) is 0 Å².